The van der Waals surface area contributed by atoms with Crippen LogP contribution in [-0.2, 0) is 15.8 Å². The summed E-state index contributed by atoms with van der Waals surface area (Å²) >= 11 is 1.12. The van der Waals surface area contributed by atoms with Gasteiger partial charge in [0, 0.05) is 12.3 Å². The number of halogens is 3. The van der Waals surface area contributed by atoms with E-state index in [1.54, 1.807) is 6.07 Å². The van der Waals surface area contributed by atoms with Crippen molar-refractivity contribution in [1.82, 2.24) is 9.97 Å². The number of aromatic nitrogens is 2. The highest BCUT2D eigenvalue weighted by Crippen LogP contribution is 2.48. The zero-order valence-electron chi connectivity index (χ0n) is 16.7. The lowest BCUT2D eigenvalue weighted by molar-refractivity contribution is -0.146. The maximum absolute atomic E-state index is 13.2. The van der Waals surface area contributed by atoms with Crippen LogP contribution in [0.3, 0.4) is 0 Å². The van der Waals surface area contributed by atoms with Crippen LogP contribution >= 0.6 is 11.3 Å². The highest BCUT2D eigenvalue weighted by atomic mass is 32.1. The average Bonchev–Trinajstić information content (AvgIpc) is 3.46. The molecule has 2 N–H and O–H groups in total. The van der Waals surface area contributed by atoms with Crippen LogP contribution in [0.25, 0.3) is 10.2 Å². The topological polar surface area (TPSA) is 101 Å². The Morgan fingerprint density at radius 2 is 1.91 bits per heavy atom. The van der Waals surface area contributed by atoms with Gasteiger partial charge in [0.15, 0.2) is 5.13 Å². The molecule has 2 aliphatic carbocycles. The van der Waals surface area contributed by atoms with E-state index >= 15 is 0 Å². The highest BCUT2D eigenvalue weighted by Gasteiger charge is 2.51. The minimum absolute atomic E-state index is 0.119. The van der Waals surface area contributed by atoms with Crippen molar-refractivity contribution < 1.29 is 32.6 Å². The number of hydrogen-bond donors (Lipinski definition) is 2. The van der Waals surface area contributed by atoms with Crippen molar-refractivity contribution in [3.8, 4) is 11.6 Å². The molecule has 2 heterocycles. The number of aliphatic carboxylic acids is 1. The van der Waals surface area contributed by atoms with E-state index in [9.17, 15) is 27.9 Å². The second kappa shape index (κ2) is 7.84. The van der Waals surface area contributed by atoms with Crippen molar-refractivity contribution >= 4 is 38.6 Å². The summed E-state index contributed by atoms with van der Waals surface area (Å²) in [5.74, 6) is -3.53. The number of carbonyl (C=O) groups is 2. The number of carbonyl (C=O) groups excluding carboxylic acids is 1. The lowest BCUT2D eigenvalue weighted by Gasteiger charge is -2.23. The summed E-state index contributed by atoms with van der Waals surface area (Å²) in [7, 11) is 0. The van der Waals surface area contributed by atoms with Gasteiger partial charge in [-0.2, -0.15) is 13.2 Å². The van der Waals surface area contributed by atoms with Crippen LogP contribution < -0.4 is 10.1 Å². The Bertz CT molecular complexity index is 1290. The van der Waals surface area contributed by atoms with Gasteiger partial charge in [0.1, 0.15) is 11.3 Å². The van der Waals surface area contributed by atoms with Gasteiger partial charge >= 0.3 is 12.1 Å². The van der Waals surface area contributed by atoms with Crippen LogP contribution in [0.5, 0.6) is 11.6 Å². The van der Waals surface area contributed by atoms with Gasteiger partial charge in [-0.25, -0.2) is 9.97 Å². The first-order valence-electron chi connectivity index (χ1n) is 10.0. The van der Waals surface area contributed by atoms with E-state index in [1.807, 2.05) is 12.2 Å². The Balaban J connectivity index is 1.36. The van der Waals surface area contributed by atoms with Crippen molar-refractivity contribution in [2.24, 2.45) is 23.7 Å². The quantitative estimate of drug-likeness (QED) is 0.506. The van der Waals surface area contributed by atoms with Crippen molar-refractivity contribution in [1.29, 1.82) is 0 Å². The molecule has 2 aromatic heterocycles. The number of rotatable bonds is 5. The number of nitrogens with one attached hydrogen (secondary N) is 1. The van der Waals surface area contributed by atoms with Gasteiger partial charge in [0.25, 0.3) is 0 Å². The molecule has 5 rings (SSSR count). The molecule has 170 valence electrons. The van der Waals surface area contributed by atoms with E-state index in [0.29, 0.717) is 16.6 Å². The number of allylic oxidation sites excluding steroid dienone is 2. The number of anilines is 1. The zero-order valence-corrected chi connectivity index (χ0v) is 17.6. The third kappa shape index (κ3) is 3.92. The molecule has 0 saturated heterocycles. The van der Waals surface area contributed by atoms with Crippen molar-refractivity contribution in [2.75, 3.05) is 5.32 Å². The molecular formula is C22H16F3N3O4S. The number of alkyl halides is 3. The second-order valence-corrected chi connectivity index (χ2v) is 8.96. The monoisotopic (exact) mass is 475 g/mol. The lowest BCUT2D eigenvalue weighted by Crippen LogP contribution is -2.36. The molecule has 2 bridgehead atoms. The fraction of sp³-hybridized carbons (Fsp3) is 0.273. The number of fused-ring (bicyclic) bond motifs is 3. The predicted octanol–water partition coefficient (Wildman–Crippen LogP) is 4.96. The molecule has 0 spiro atoms. The molecule has 11 heteroatoms. The molecule has 4 atom stereocenters. The standard InChI is InChI=1S/C22H16F3N3O4S/c23-22(24,25)13-2-1-7-26-19(13)32-12-5-6-14-15(9-12)33-21(27-14)28-18(29)16-10-3-4-11(8-10)17(16)20(30)31/h1-7,9-11,16-17H,8H2,(H,30,31)(H,27,28,29). The SMILES string of the molecule is O=C(O)C1C2C=CC(C2)C1C(=O)Nc1nc2ccc(Oc3ncccc3C(F)(F)F)cc2s1. The lowest BCUT2D eigenvalue weighted by atomic mass is 9.82. The number of carboxylic acids is 1. The molecule has 3 aromatic rings. The summed E-state index contributed by atoms with van der Waals surface area (Å²) in [5.41, 5.74) is -0.474. The largest absolute Gasteiger partial charge is 0.481 e. The summed E-state index contributed by atoms with van der Waals surface area (Å²) in [5, 5.41) is 12.5. The van der Waals surface area contributed by atoms with Crippen molar-refractivity contribution in [3.05, 3.63) is 54.2 Å². The van der Waals surface area contributed by atoms with E-state index < -0.39 is 41.3 Å². The zero-order chi connectivity index (χ0) is 23.3. The highest BCUT2D eigenvalue weighted by molar-refractivity contribution is 7.22. The van der Waals surface area contributed by atoms with Gasteiger partial charge in [-0.1, -0.05) is 23.5 Å². The third-order valence-electron chi connectivity index (χ3n) is 5.93. The van der Waals surface area contributed by atoms with Gasteiger partial charge < -0.3 is 15.2 Å². The molecule has 1 aromatic carbocycles. The van der Waals surface area contributed by atoms with E-state index in [2.05, 4.69) is 15.3 Å². The van der Waals surface area contributed by atoms with Crippen LogP contribution in [0, 0.1) is 23.7 Å². The minimum Gasteiger partial charge on any atom is -0.481 e. The summed E-state index contributed by atoms with van der Waals surface area (Å²) in [6, 6.07) is 6.60. The maximum Gasteiger partial charge on any atom is 0.421 e. The molecule has 1 amide bonds. The van der Waals surface area contributed by atoms with Gasteiger partial charge in [-0.05, 0) is 42.5 Å². The van der Waals surface area contributed by atoms with Crippen LogP contribution in [0.4, 0.5) is 18.3 Å². The third-order valence-corrected chi connectivity index (χ3v) is 6.86. The summed E-state index contributed by atoms with van der Waals surface area (Å²) in [6.07, 6.45) is 0.988. The number of hydrogen-bond acceptors (Lipinski definition) is 6. The van der Waals surface area contributed by atoms with Gasteiger partial charge in [-0.3, -0.25) is 9.59 Å². The summed E-state index contributed by atoms with van der Waals surface area (Å²) < 4.78 is 45.5. The van der Waals surface area contributed by atoms with Crippen molar-refractivity contribution in [2.45, 2.75) is 12.6 Å². The van der Waals surface area contributed by atoms with E-state index in [4.69, 9.17) is 4.74 Å². The van der Waals surface area contributed by atoms with Crippen LogP contribution in [0.1, 0.15) is 12.0 Å². The fourth-order valence-corrected chi connectivity index (χ4v) is 5.42. The molecule has 1 saturated carbocycles. The maximum atomic E-state index is 13.2. The first-order chi connectivity index (χ1) is 15.7. The predicted molar refractivity (Wildman–Crippen MR) is 113 cm³/mol. The first kappa shape index (κ1) is 21.4. The summed E-state index contributed by atoms with van der Waals surface area (Å²) in [6.45, 7) is 0. The fourth-order valence-electron chi connectivity index (χ4n) is 4.53. The van der Waals surface area contributed by atoms with Gasteiger partial charge in [0.05, 0.1) is 22.1 Å². The second-order valence-electron chi connectivity index (χ2n) is 7.93. The van der Waals surface area contributed by atoms with Gasteiger partial charge in [0.2, 0.25) is 11.8 Å². The van der Waals surface area contributed by atoms with Gasteiger partial charge in [-0.15, -0.1) is 0 Å². The molecule has 2 aliphatic rings. The Morgan fingerprint density at radius 3 is 2.64 bits per heavy atom. The normalized spacial score (nSPS) is 23.7. The molecule has 4 unspecified atom stereocenters. The number of nitrogens with zero attached hydrogens (tertiary/aromatic N) is 2. The molecule has 33 heavy (non-hydrogen) atoms. The molecule has 0 aliphatic heterocycles. The summed E-state index contributed by atoms with van der Waals surface area (Å²) in [4.78, 5) is 32.5. The number of benzene rings is 1. The molecular weight excluding hydrogens is 459 g/mol. The van der Waals surface area contributed by atoms with Crippen LogP contribution in [0.2, 0.25) is 0 Å². The Labute approximate surface area is 188 Å². The molecule has 0 radical (unpaired) electrons. The first-order valence-corrected chi connectivity index (χ1v) is 10.8. The molecule has 7 nitrogen and oxygen atoms in total. The molecule has 1 fully saturated rings. The Morgan fingerprint density at radius 1 is 1.15 bits per heavy atom. The Kier molecular flexibility index (Phi) is 5.08. The van der Waals surface area contributed by atoms with Crippen LogP contribution in [-0.4, -0.2) is 27.0 Å². The van der Waals surface area contributed by atoms with E-state index in [-0.39, 0.29) is 22.7 Å². The Hall–Kier alpha value is -3.47. The number of amides is 1. The number of thiazole rings is 1. The van der Waals surface area contributed by atoms with E-state index in [1.165, 1.54) is 24.4 Å². The smallest absolute Gasteiger partial charge is 0.421 e. The minimum atomic E-state index is -4.61. The van der Waals surface area contributed by atoms with Crippen molar-refractivity contribution in [3.63, 3.8) is 0 Å². The van der Waals surface area contributed by atoms with E-state index in [0.717, 1.165) is 17.4 Å². The number of pyridine rings is 1. The van der Waals surface area contributed by atoms with Crippen LogP contribution in [0.15, 0.2) is 48.7 Å². The average molecular weight is 475 g/mol. The number of ether oxygens (including phenoxy) is 1. The number of carboxylic acid groups (broad SMARTS) is 1.